The van der Waals surface area contributed by atoms with E-state index in [-0.39, 0.29) is 23.2 Å². The molecule has 4 rings (SSSR count). The molecule has 1 aliphatic heterocycles. The van der Waals surface area contributed by atoms with Gasteiger partial charge >= 0.3 is 5.97 Å². The van der Waals surface area contributed by atoms with E-state index in [0.29, 0.717) is 24.1 Å². The van der Waals surface area contributed by atoms with Gasteiger partial charge in [-0.1, -0.05) is 30.3 Å². The summed E-state index contributed by atoms with van der Waals surface area (Å²) in [4.78, 5) is 26.0. The van der Waals surface area contributed by atoms with E-state index in [0.717, 1.165) is 6.42 Å². The number of halogens is 2. The molecule has 2 aromatic rings. The van der Waals surface area contributed by atoms with Crippen molar-refractivity contribution < 1.29 is 28.2 Å². The van der Waals surface area contributed by atoms with Crippen LogP contribution in [-0.2, 0) is 15.5 Å². The molecule has 2 N–H and O–H groups in total. The molecule has 2 atom stereocenters. The predicted molar refractivity (Wildman–Crippen MR) is 105 cm³/mol. The highest BCUT2D eigenvalue weighted by atomic mass is 19.3. The summed E-state index contributed by atoms with van der Waals surface area (Å²) in [5.41, 5.74) is 0.757. The van der Waals surface area contributed by atoms with Gasteiger partial charge in [0.15, 0.2) is 0 Å². The van der Waals surface area contributed by atoms with E-state index in [1.807, 2.05) is 0 Å². The number of ether oxygens (including phenoxy) is 1. The number of rotatable bonds is 5. The number of aliphatic hydroxyl groups excluding tert-OH is 1. The van der Waals surface area contributed by atoms with Crippen LogP contribution in [0.1, 0.15) is 34.3 Å². The molecule has 158 valence electrons. The first-order chi connectivity index (χ1) is 14.3. The Balaban J connectivity index is 1.48. The van der Waals surface area contributed by atoms with Crippen molar-refractivity contribution in [1.29, 1.82) is 0 Å². The Kier molecular flexibility index (Phi) is 5.29. The van der Waals surface area contributed by atoms with Gasteiger partial charge in [-0.2, -0.15) is 8.78 Å². The van der Waals surface area contributed by atoms with Crippen molar-refractivity contribution in [3.63, 3.8) is 0 Å². The molecule has 6 nitrogen and oxygen atoms in total. The van der Waals surface area contributed by atoms with E-state index in [1.165, 1.54) is 31.4 Å². The van der Waals surface area contributed by atoms with Gasteiger partial charge in [0.1, 0.15) is 12.3 Å². The normalized spacial score (nSPS) is 20.3. The van der Waals surface area contributed by atoms with Crippen LogP contribution in [0.5, 0.6) is 0 Å². The summed E-state index contributed by atoms with van der Waals surface area (Å²) in [5, 5.41) is 13.0. The maximum atomic E-state index is 14.6. The van der Waals surface area contributed by atoms with Gasteiger partial charge in [0.25, 0.3) is 11.8 Å². The first-order valence-corrected chi connectivity index (χ1v) is 9.76. The molecule has 1 fully saturated rings. The topological polar surface area (TPSA) is 78.9 Å². The van der Waals surface area contributed by atoms with Gasteiger partial charge in [-0.05, 0) is 36.1 Å². The summed E-state index contributed by atoms with van der Waals surface area (Å²) >= 11 is 0. The molecule has 2 aliphatic rings. The second kappa shape index (κ2) is 7.77. The van der Waals surface area contributed by atoms with Crippen molar-refractivity contribution in [2.45, 2.75) is 31.0 Å². The standard InChI is InChI=1S/C22H22F2N2O4/c1-30-21(29)18-7-4-10-26(18)19(27)12-25-20(28)13-8-9-17-15(11-13)14-5-2-3-6-16(14)22(17,23)24/h2-3,5-6,8-9,11,18-19,27H,4,7,10,12H2,1H3,(H,25,28)/t18-,19?/m0/s1. The van der Waals surface area contributed by atoms with Gasteiger partial charge in [-0.15, -0.1) is 0 Å². The summed E-state index contributed by atoms with van der Waals surface area (Å²) in [6.45, 7) is 0.414. The smallest absolute Gasteiger partial charge is 0.323 e. The average Bonchev–Trinajstić information content (AvgIpc) is 3.33. The average molecular weight is 416 g/mol. The van der Waals surface area contributed by atoms with Gasteiger partial charge < -0.3 is 15.2 Å². The molecule has 0 spiro atoms. The van der Waals surface area contributed by atoms with Crippen LogP contribution in [0.3, 0.4) is 0 Å². The lowest BCUT2D eigenvalue weighted by Crippen LogP contribution is -2.48. The molecule has 0 bridgehead atoms. The Morgan fingerprint density at radius 3 is 2.73 bits per heavy atom. The summed E-state index contributed by atoms with van der Waals surface area (Å²) in [6, 6.07) is 9.78. The number of amides is 1. The lowest BCUT2D eigenvalue weighted by Gasteiger charge is -2.27. The predicted octanol–water partition coefficient (Wildman–Crippen LogP) is 2.49. The zero-order chi connectivity index (χ0) is 21.5. The Bertz CT molecular complexity index is 995. The minimum absolute atomic E-state index is 0.0733. The van der Waals surface area contributed by atoms with Crippen LogP contribution in [0, 0.1) is 0 Å². The molecule has 8 heteroatoms. The molecule has 1 aliphatic carbocycles. The van der Waals surface area contributed by atoms with Gasteiger partial charge in [0.05, 0.1) is 13.7 Å². The van der Waals surface area contributed by atoms with Crippen LogP contribution in [0.2, 0.25) is 0 Å². The van der Waals surface area contributed by atoms with Crippen molar-refractivity contribution in [2.24, 2.45) is 0 Å². The highest BCUT2D eigenvalue weighted by Gasteiger charge is 2.44. The summed E-state index contributed by atoms with van der Waals surface area (Å²) in [7, 11) is 1.29. The quantitative estimate of drug-likeness (QED) is 0.733. The van der Waals surface area contributed by atoms with E-state index in [2.05, 4.69) is 5.32 Å². The second-order valence-electron chi connectivity index (χ2n) is 7.49. The van der Waals surface area contributed by atoms with Crippen molar-refractivity contribution in [1.82, 2.24) is 10.2 Å². The molecule has 1 saturated heterocycles. The molecule has 1 heterocycles. The van der Waals surface area contributed by atoms with Crippen LogP contribution in [-0.4, -0.2) is 54.4 Å². The number of methoxy groups -OCH3 is 1. The highest BCUT2D eigenvalue weighted by molar-refractivity contribution is 5.96. The van der Waals surface area contributed by atoms with Crippen LogP contribution in [0.4, 0.5) is 8.78 Å². The number of carbonyl (C=O) groups is 2. The maximum Gasteiger partial charge on any atom is 0.323 e. The number of likely N-dealkylation sites (tertiary alicyclic amines) is 1. The minimum Gasteiger partial charge on any atom is -0.468 e. The van der Waals surface area contributed by atoms with Crippen LogP contribution < -0.4 is 5.32 Å². The van der Waals surface area contributed by atoms with Crippen molar-refractivity contribution in [3.8, 4) is 11.1 Å². The number of alkyl halides is 2. The van der Waals surface area contributed by atoms with E-state index < -0.39 is 30.1 Å². The third-order valence-corrected chi connectivity index (χ3v) is 5.77. The fourth-order valence-corrected chi connectivity index (χ4v) is 4.26. The molecule has 0 radical (unpaired) electrons. The zero-order valence-corrected chi connectivity index (χ0v) is 16.4. The van der Waals surface area contributed by atoms with Crippen molar-refractivity contribution in [2.75, 3.05) is 20.2 Å². The summed E-state index contributed by atoms with van der Waals surface area (Å²) in [5.74, 6) is -4.01. The van der Waals surface area contributed by atoms with Gasteiger partial charge in [-0.25, -0.2) is 0 Å². The van der Waals surface area contributed by atoms with E-state index in [4.69, 9.17) is 4.74 Å². The number of benzene rings is 2. The second-order valence-corrected chi connectivity index (χ2v) is 7.49. The number of hydrogen-bond acceptors (Lipinski definition) is 5. The van der Waals surface area contributed by atoms with Crippen LogP contribution in [0.25, 0.3) is 11.1 Å². The molecule has 0 aromatic heterocycles. The lowest BCUT2D eigenvalue weighted by molar-refractivity contribution is -0.149. The van der Waals surface area contributed by atoms with Crippen molar-refractivity contribution >= 4 is 11.9 Å². The SMILES string of the molecule is COC(=O)[C@@H]1CCCN1C(O)CNC(=O)c1ccc2c(c1)-c1ccccc1C2(F)F. The van der Waals surface area contributed by atoms with Gasteiger partial charge in [0.2, 0.25) is 0 Å². The number of nitrogens with one attached hydrogen (secondary N) is 1. The molecule has 1 unspecified atom stereocenters. The maximum absolute atomic E-state index is 14.6. The number of aliphatic hydroxyl groups is 1. The first kappa shape index (κ1) is 20.4. The van der Waals surface area contributed by atoms with Crippen LogP contribution >= 0.6 is 0 Å². The molecular weight excluding hydrogens is 394 g/mol. The number of nitrogens with zero attached hydrogens (tertiary/aromatic N) is 1. The monoisotopic (exact) mass is 416 g/mol. The number of fused-ring (bicyclic) bond motifs is 3. The summed E-state index contributed by atoms with van der Waals surface area (Å²) in [6.07, 6.45) is 0.263. The first-order valence-electron chi connectivity index (χ1n) is 9.76. The lowest BCUT2D eigenvalue weighted by atomic mass is 10.0. The van der Waals surface area contributed by atoms with Gasteiger partial charge in [0, 0.05) is 23.2 Å². The number of esters is 1. The van der Waals surface area contributed by atoms with E-state index in [9.17, 15) is 23.5 Å². The van der Waals surface area contributed by atoms with Crippen LogP contribution in [0.15, 0.2) is 42.5 Å². The Labute approximate surface area is 172 Å². The minimum atomic E-state index is -3.10. The number of carbonyl (C=O) groups excluding carboxylic acids is 2. The number of hydrogen-bond donors (Lipinski definition) is 2. The fraction of sp³-hybridized carbons (Fsp3) is 0.364. The molecule has 1 amide bonds. The Morgan fingerprint density at radius 1 is 1.23 bits per heavy atom. The Hall–Kier alpha value is -2.84. The zero-order valence-electron chi connectivity index (χ0n) is 16.4. The highest BCUT2D eigenvalue weighted by Crippen LogP contribution is 2.50. The molecule has 30 heavy (non-hydrogen) atoms. The third kappa shape index (κ3) is 3.36. The van der Waals surface area contributed by atoms with E-state index >= 15 is 0 Å². The third-order valence-electron chi connectivity index (χ3n) is 5.77. The molecule has 0 saturated carbocycles. The summed E-state index contributed by atoms with van der Waals surface area (Å²) < 4.78 is 34.0. The van der Waals surface area contributed by atoms with E-state index in [1.54, 1.807) is 23.1 Å². The van der Waals surface area contributed by atoms with Crippen molar-refractivity contribution in [3.05, 3.63) is 59.2 Å². The Morgan fingerprint density at radius 2 is 1.97 bits per heavy atom. The van der Waals surface area contributed by atoms with Gasteiger partial charge in [-0.3, -0.25) is 14.5 Å². The molecule has 2 aromatic carbocycles. The molecular formula is C22H22F2N2O4. The largest absolute Gasteiger partial charge is 0.468 e. The fourth-order valence-electron chi connectivity index (χ4n) is 4.26.